The average Bonchev–Trinajstić information content (AvgIpc) is 3.08. The minimum absolute atomic E-state index is 0.171. The van der Waals surface area contributed by atoms with Gasteiger partial charge in [0.05, 0.1) is 6.61 Å². The maximum atomic E-state index is 13.2. The fourth-order valence-electron chi connectivity index (χ4n) is 2.61. The SMILES string of the molecule is CCOC(=O)c1c(-c2ccc(F)cc2)csc1NC(=O)Cn1ccccc1=O. The van der Waals surface area contributed by atoms with Crippen LogP contribution in [0.4, 0.5) is 9.39 Å². The Hall–Kier alpha value is -3.26. The molecule has 3 rings (SSSR count). The second kappa shape index (κ2) is 8.62. The predicted octanol–water partition coefficient (Wildman–Crippen LogP) is 3.53. The molecule has 0 atom stereocenters. The topological polar surface area (TPSA) is 77.4 Å². The Balaban J connectivity index is 1.91. The molecule has 144 valence electrons. The van der Waals surface area contributed by atoms with Gasteiger partial charge in [0.25, 0.3) is 5.56 Å². The Kier molecular flexibility index (Phi) is 6.00. The number of thiophene rings is 1. The van der Waals surface area contributed by atoms with Crippen LogP contribution >= 0.6 is 11.3 Å². The van der Waals surface area contributed by atoms with E-state index in [0.717, 1.165) is 11.3 Å². The second-order valence-electron chi connectivity index (χ2n) is 5.80. The number of nitrogens with one attached hydrogen (secondary N) is 1. The minimum atomic E-state index is -0.588. The first-order valence-corrected chi connectivity index (χ1v) is 9.37. The lowest BCUT2D eigenvalue weighted by Crippen LogP contribution is -2.26. The summed E-state index contributed by atoms with van der Waals surface area (Å²) in [6, 6.07) is 10.3. The molecule has 0 unspecified atom stereocenters. The minimum Gasteiger partial charge on any atom is -0.462 e. The zero-order valence-electron chi connectivity index (χ0n) is 15.0. The van der Waals surface area contributed by atoms with Gasteiger partial charge < -0.3 is 14.6 Å². The summed E-state index contributed by atoms with van der Waals surface area (Å²) < 4.78 is 19.6. The third-order valence-corrected chi connectivity index (χ3v) is 4.79. The van der Waals surface area contributed by atoms with Crippen LogP contribution in [0.15, 0.2) is 58.8 Å². The molecule has 0 aliphatic heterocycles. The first-order valence-electron chi connectivity index (χ1n) is 8.49. The van der Waals surface area contributed by atoms with Gasteiger partial charge in [0.1, 0.15) is 22.9 Å². The highest BCUT2D eigenvalue weighted by Gasteiger charge is 2.23. The fourth-order valence-corrected chi connectivity index (χ4v) is 3.58. The van der Waals surface area contributed by atoms with Crippen molar-refractivity contribution in [1.82, 2.24) is 4.57 Å². The molecule has 1 amide bonds. The van der Waals surface area contributed by atoms with E-state index in [4.69, 9.17) is 4.74 Å². The summed E-state index contributed by atoms with van der Waals surface area (Å²) in [6.45, 7) is 1.66. The normalized spacial score (nSPS) is 10.5. The molecule has 0 fully saturated rings. The third-order valence-electron chi connectivity index (χ3n) is 3.89. The van der Waals surface area contributed by atoms with E-state index in [2.05, 4.69) is 5.32 Å². The molecule has 2 aromatic heterocycles. The third kappa shape index (κ3) is 4.34. The lowest BCUT2D eigenvalue weighted by molar-refractivity contribution is -0.116. The van der Waals surface area contributed by atoms with Crippen LogP contribution in [0.1, 0.15) is 17.3 Å². The summed E-state index contributed by atoms with van der Waals surface area (Å²) in [7, 11) is 0. The molecule has 2 heterocycles. The Bertz CT molecular complexity index is 1060. The molecule has 0 spiro atoms. The summed E-state index contributed by atoms with van der Waals surface area (Å²) in [4.78, 5) is 36.6. The molecule has 0 aliphatic rings. The van der Waals surface area contributed by atoms with Crippen LogP contribution in [0.5, 0.6) is 0 Å². The highest BCUT2D eigenvalue weighted by atomic mass is 32.1. The van der Waals surface area contributed by atoms with Crippen molar-refractivity contribution in [2.75, 3.05) is 11.9 Å². The van der Waals surface area contributed by atoms with Crippen LogP contribution in [0, 0.1) is 5.82 Å². The quantitative estimate of drug-likeness (QED) is 0.642. The van der Waals surface area contributed by atoms with E-state index in [9.17, 15) is 18.8 Å². The van der Waals surface area contributed by atoms with Gasteiger partial charge in [0.2, 0.25) is 5.91 Å². The van der Waals surface area contributed by atoms with Crippen LogP contribution in [0.2, 0.25) is 0 Å². The smallest absolute Gasteiger partial charge is 0.341 e. The van der Waals surface area contributed by atoms with Crippen molar-refractivity contribution in [2.24, 2.45) is 0 Å². The lowest BCUT2D eigenvalue weighted by atomic mass is 10.0. The van der Waals surface area contributed by atoms with Gasteiger partial charge in [-0.1, -0.05) is 18.2 Å². The van der Waals surface area contributed by atoms with Gasteiger partial charge >= 0.3 is 5.97 Å². The zero-order valence-corrected chi connectivity index (χ0v) is 15.8. The van der Waals surface area contributed by atoms with Crippen LogP contribution in [0.25, 0.3) is 11.1 Å². The van der Waals surface area contributed by atoms with Crippen molar-refractivity contribution < 1.29 is 18.7 Å². The number of aromatic nitrogens is 1. The maximum Gasteiger partial charge on any atom is 0.341 e. The van der Waals surface area contributed by atoms with Crippen molar-refractivity contribution in [3.8, 4) is 11.1 Å². The van der Waals surface area contributed by atoms with Gasteiger partial charge in [0, 0.05) is 23.2 Å². The predicted molar refractivity (Wildman–Crippen MR) is 105 cm³/mol. The molecule has 0 bridgehead atoms. The Morgan fingerprint density at radius 1 is 1.18 bits per heavy atom. The van der Waals surface area contributed by atoms with Crippen LogP contribution in [-0.4, -0.2) is 23.1 Å². The van der Waals surface area contributed by atoms with Crippen molar-refractivity contribution in [3.05, 3.63) is 75.8 Å². The molecule has 0 saturated heterocycles. The van der Waals surface area contributed by atoms with Crippen molar-refractivity contribution in [3.63, 3.8) is 0 Å². The molecule has 0 saturated carbocycles. The van der Waals surface area contributed by atoms with E-state index in [1.54, 1.807) is 36.6 Å². The highest BCUT2D eigenvalue weighted by Crippen LogP contribution is 2.36. The number of hydrogen-bond donors (Lipinski definition) is 1. The van der Waals surface area contributed by atoms with Crippen molar-refractivity contribution in [1.29, 1.82) is 0 Å². The highest BCUT2D eigenvalue weighted by molar-refractivity contribution is 7.15. The van der Waals surface area contributed by atoms with E-state index in [1.807, 2.05) is 0 Å². The monoisotopic (exact) mass is 400 g/mol. The van der Waals surface area contributed by atoms with Gasteiger partial charge in [-0.25, -0.2) is 9.18 Å². The summed E-state index contributed by atoms with van der Waals surface area (Å²) >= 11 is 1.16. The van der Waals surface area contributed by atoms with Gasteiger partial charge in [-0.05, 0) is 30.7 Å². The molecule has 8 heteroatoms. The number of anilines is 1. The summed E-state index contributed by atoms with van der Waals surface area (Å²) in [5, 5.41) is 4.68. The fraction of sp³-hybridized carbons (Fsp3) is 0.150. The van der Waals surface area contributed by atoms with Crippen LogP contribution in [0.3, 0.4) is 0 Å². The maximum absolute atomic E-state index is 13.2. The standard InChI is InChI=1S/C20H17FN2O4S/c1-2-27-20(26)18-15(13-6-8-14(21)9-7-13)12-28-19(18)22-16(24)11-23-10-4-3-5-17(23)25/h3-10,12H,2,11H2,1H3,(H,22,24). The molecule has 6 nitrogen and oxygen atoms in total. The first-order chi connectivity index (χ1) is 13.5. The summed E-state index contributed by atoms with van der Waals surface area (Å²) in [5.74, 6) is -1.43. The van der Waals surface area contributed by atoms with E-state index in [-0.39, 0.29) is 24.3 Å². The first kappa shape index (κ1) is 19.5. The van der Waals surface area contributed by atoms with Crippen LogP contribution in [-0.2, 0) is 16.1 Å². The number of carbonyl (C=O) groups is 2. The molecule has 28 heavy (non-hydrogen) atoms. The number of halogens is 1. The largest absolute Gasteiger partial charge is 0.462 e. The van der Waals surface area contributed by atoms with Gasteiger partial charge in [-0.3, -0.25) is 9.59 Å². The molecule has 0 radical (unpaired) electrons. The Morgan fingerprint density at radius 3 is 2.61 bits per heavy atom. The number of benzene rings is 1. The molecule has 3 aromatic rings. The lowest BCUT2D eigenvalue weighted by Gasteiger charge is -2.09. The summed E-state index contributed by atoms with van der Waals surface area (Å²) in [5.41, 5.74) is 1.06. The van der Waals surface area contributed by atoms with E-state index in [1.165, 1.54) is 29.0 Å². The Morgan fingerprint density at radius 2 is 1.93 bits per heavy atom. The molecular weight excluding hydrogens is 383 g/mol. The van der Waals surface area contributed by atoms with E-state index < -0.39 is 17.7 Å². The van der Waals surface area contributed by atoms with E-state index >= 15 is 0 Å². The number of rotatable bonds is 6. The van der Waals surface area contributed by atoms with E-state index in [0.29, 0.717) is 16.1 Å². The van der Waals surface area contributed by atoms with Gasteiger partial charge in [0.15, 0.2) is 0 Å². The number of hydrogen-bond acceptors (Lipinski definition) is 5. The molecule has 1 aromatic carbocycles. The molecular formula is C20H17FN2O4S. The van der Waals surface area contributed by atoms with Crippen LogP contribution < -0.4 is 10.9 Å². The Labute approximate surface area is 164 Å². The van der Waals surface area contributed by atoms with Gasteiger partial charge in [-0.15, -0.1) is 11.3 Å². The number of ether oxygens (including phenoxy) is 1. The molecule has 0 aliphatic carbocycles. The van der Waals surface area contributed by atoms with Gasteiger partial charge in [-0.2, -0.15) is 0 Å². The second-order valence-corrected chi connectivity index (χ2v) is 6.68. The number of carbonyl (C=O) groups excluding carboxylic acids is 2. The number of esters is 1. The number of nitrogens with zero attached hydrogens (tertiary/aromatic N) is 1. The molecule has 1 N–H and O–H groups in total. The van der Waals surface area contributed by atoms with Crippen molar-refractivity contribution in [2.45, 2.75) is 13.5 Å². The number of amides is 1. The number of pyridine rings is 1. The summed E-state index contributed by atoms with van der Waals surface area (Å²) in [6.07, 6.45) is 1.51. The van der Waals surface area contributed by atoms with Crippen molar-refractivity contribution >= 4 is 28.2 Å². The zero-order chi connectivity index (χ0) is 20.1. The average molecular weight is 400 g/mol.